The second kappa shape index (κ2) is 8.63. The van der Waals surface area contributed by atoms with E-state index in [1.165, 1.54) is 22.8 Å². The minimum absolute atomic E-state index is 0.0403. The van der Waals surface area contributed by atoms with Crippen LogP contribution in [0.15, 0.2) is 18.3 Å². The molecule has 2 aliphatic carbocycles. The highest BCUT2D eigenvalue weighted by atomic mass is 19.1. The zero-order valence-corrected chi connectivity index (χ0v) is 20.9. The molecule has 2 aromatic heterocycles. The second-order valence-corrected chi connectivity index (χ2v) is 11.4. The molecule has 0 bridgehead atoms. The number of benzene rings is 1. The molecular weight excluding hydrogens is 459 g/mol. The molecule has 0 spiro atoms. The van der Waals surface area contributed by atoms with Crippen LogP contribution in [0.2, 0.25) is 0 Å². The molecule has 2 N–H and O–H groups in total. The van der Waals surface area contributed by atoms with Gasteiger partial charge in [-0.1, -0.05) is 27.7 Å². The Morgan fingerprint density at radius 2 is 1.83 bits per heavy atom. The van der Waals surface area contributed by atoms with Gasteiger partial charge in [0.2, 0.25) is 5.95 Å². The SMILES string of the molecule is CC1(C)CC(Oc2cc(F)c(Nc3nc(NC4CC4)c4ncc(C#N)n4n3)cc2C#N)CC(C)(C)C1. The maximum atomic E-state index is 15.2. The average Bonchev–Trinajstić information content (AvgIpc) is 3.49. The van der Waals surface area contributed by atoms with Gasteiger partial charge in [-0.3, -0.25) is 0 Å². The first-order valence-electron chi connectivity index (χ1n) is 12.2. The van der Waals surface area contributed by atoms with Crippen molar-refractivity contribution in [1.29, 1.82) is 10.5 Å². The molecule has 36 heavy (non-hydrogen) atoms. The number of ether oxygens (including phenoxy) is 1. The summed E-state index contributed by atoms with van der Waals surface area (Å²) in [5.41, 5.74) is 1.10. The van der Waals surface area contributed by atoms with E-state index in [1.54, 1.807) is 0 Å². The summed E-state index contributed by atoms with van der Waals surface area (Å²) < 4.78 is 22.8. The van der Waals surface area contributed by atoms with Gasteiger partial charge >= 0.3 is 0 Å². The third kappa shape index (κ3) is 4.90. The highest BCUT2D eigenvalue weighted by Gasteiger charge is 2.39. The number of rotatable bonds is 6. The Morgan fingerprint density at radius 3 is 2.47 bits per heavy atom. The third-order valence-corrected chi connectivity index (χ3v) is 6.64. The summed E-state index contributed by atoms with van der Waals surface area (Å²) in [4.78, 5) is 8.70. The van der Waals surface area contributed by atoms with Crippen LogP contribution in [0.25, 0.3) is 5.65 Å². The standard InChI is InChI=1S/C26H29FN8O/c1-25(2)9-18(10-26(3,4)14-25)36-21-8-19(27)20(7-15(21)11-28)32-24-33-22(31-16-5-6-16)23-30-13-17(12-29)35(23)34-24/h7-8,13,16,18H,5-6,9-10,14H2,1-4H3,(H2,31,32,33,34). The lowest BCUT2D eigenvalue weighted by Gasteiger charge is -2.44. The maximum absolute atomic E-state index is 15.2. The van der Waals surface area contributed by atoms with Gasteiger partial charge < -0.3 is 15.4 Å². The molecule has 9 nitrogen and oxygen atoms in total. The molecule has 0 atom stereocenters. The Balaban J connectivity index is 1.44. The van der Waals surface area contributed by atoms with Crippen molar-refractivity contribution in [1.82, 2.24) is 19.6 Å². The molecule has 3 aromatic rings. The van der Waals surface area contributed by atoms with Gasteiger partial charge in [0.15, 0.2) is 17.2 Å². The minimum atomic E-state index is -0.593. The van der Waals surface area contributed by atoms with Gasteiger partial charge in [-0.05, 0) is 49.0 Å². The van der Waals surface area contributed by atoms with Gasteiger partial charge in [0.05, 0.1) is 23.6 Å². The molecule has 0 aliphatic heterocycles. The fourth-order valence-electron chi connectivity index (χ4n) is 5.49. The van der Waals surface area contributed by atoms with E-state index in [1.807, 2.05) is 6.07 Å². The summed E-state index contributed by atoms with van der Waals surface area (Å²) >= 11 is 0. The van der Waals surface area contributed by atoms with Crippen molar-refractivity contribution in [3.05, 3.63) is 35.4 Å². The number of nitrogens with zero attached hydrogens (tertiary/aromatic N) is 6. The Morgan fingerprint density at radius 1 is 1.11 bits per heavy atom. The summed E-state index contributed by atoms with van der Waals surface area (Å²) in [6.07, 6.45) is 6.08. The highest BCUT2D eigenvalue weighted by Crippen LogP contribution is 2.47. The first kappa shape index (κ1) is 23.8. The van der Waals surface area contributed by atoms with Gasteiger partial charge in [-0.25, -0.2) is 9.37 Å². The number of nitriles is 2. The van der Waals surface area contributed by atoms with Crippen LogP contribution in [0.4, 0.5) is 21.8 Å². The van der Waals surface area contributed by atoms with Crippen LogP contribution in [0.3, 0.4) is 0 Å². The zero-order valence-electron chi connectivity index (χ0n) is 20.9. The molecule has 186 valence electrons. The summed E-state index contributed by atoms with van der Waals surface area (Å²) in [5, 5.41) is 29.7. The van der Waals surface area contributed by atoms with E-state index >= 15 is 4.39 Å². The summed E-state index contributed by atoms with van der Waals surface area (Å²) in [5.74, 6) is 0.171. The van der Waals surface area contributed by atoms with E-state index in [9.17, 15) is 10.5 Å². The summed E-state index contributed by atoms with van der Waals surface area (Å²) in [7, 11) is 0. The number of hydrogen-bond acceptors (Lipinski definition) is 8. The van der Waals surface area contributed by atoms with E-state index in [4.69, 9.17) is 4.74 Å². The van der Waals surface area contributed by atoms with Crippen molar-refractivity contribution < 1.29 is 9.13 Å². The first-order chi connectivity index (χ1) is 17.1. The number of hydrogen-bond donors (Lipinski definition) is 2. The zero-order chi connectivity index (χ0) is 25.7. The molecule has 0 amide bonds. The van der Waals surface area contributed by atoms with Crippen LogP contribution in [0.1, 0.15) is 71.1 Å². The molecule has 0 saturated heterocycles. The summed E-state index contributed by atoms with van der Waals surface area (Å²) in [6.45, 7) is 8.85. The molecular formula is C26H29FN8O. The van der Waals surface area contributed by atoms with Crippen LogP contribution in [-0.4, -0.2) is 31.7 Å². The number of fused-ring (bicyclic) bond motifs is 1. The molecule has 2 saturated carbocycles. The maximum Gasteiger partial charge on any atom is 0.247 e. The molecule has 2 fully saturated rings. The van der Waals surface area contributed by atoms with Crippen LogP contribution < -0.4 is 15.4 Å². The van der Waals surface area contributed by atoms with Gasteiger partial charge in [0.1, 0.15) is 23.7 Å². The largest absolute Gasteiger partial charge is 0.489 e. The quantitative estimate of drug-likeness (QED) is 0.478. The number of imidazole rings is 1. The van der Waals surface area contributed by atoms with Crippen LogP contribution >= 0.6 is 0 Å². The fourth-order valence-corrected chi connectivity index (χ4v) is 5.49. The van der Waals surface area contributed by atoms with Crippen molar-refractivity contribution in [2.45, 2.75) is 71.9 Å². The van der Waals surface area contributed by atoms with Crippen molar-refractivity contribution in [3.63, 3.8) is 0 Å². The molecule has 2 aliphatic rings. The predicted octanol–water partition coefficient (Wildman–Crippen LogP) is 5.31. The van der Waals surface area contributed by atoms with Gasteiger partial charge in [-0.2, -0.15) is 20.0 Å². The van der Waals surface area contributed by atoms with E-state index in [-0.39, 0.29) is 51.6 Å². The fraction of sp³-hybridized carbons (Fsp3) is 0.500. The minimum Gasteiger partial charge on any atom is -0.489 e. The topological polar surface area (TPSA) is 124 Å². The molecule has 0 unspecified atom stereocenters. The normalized spacial score (nSPS) is 18.9. The average molecular weight is 489 g/mol. The lowest BCUT2D eigenvalue weighted by atomic mass is 9.64. The summed E-state index contributed by atoms with van der Waals surface area (Å²) in [6, 6.07) is 7.11. The lowest BCUT2D eigenvalue weighted by Crippen LogP contribution is -2.39. The van der Waals surface area contributed by atoms with Crippen LogP contribution in [0, 0.1) is 39.3 Å². The van der Waals surface area contributed by atoms with Gasteiger partial charge in [0, 0.05) is 12.1 Å². The van der Waals surface area contributed by atoms with Crippen LogP contribution in [-0.2, 0) is 0 Å². The van der Waals surface area contributed by atoms with Gasteiger partial charge in [-0.15, -0.1) is 5.10 Å². The Hall–Kier alpha value is -3.92. The molecule has 10 heteroatoms. The van der Waals surface area contributed by atoms with E-state index in [0.29, 0.717) is 11.5 Å². The number of aromatic nitrogens is 4. The second-order valence-electron chi connectivity index (χ2n) is 11.4. The number of nitrogens with one attached hydrogen (secondary N) is 2. The van der Waals surface area contributed by atoms with Crippen molar-refractivity contribution in [2.75, 3.05) is 10.6 Å². The van der Waals surface area contributed by atoms with E-state index < -0.39 is 5.82 Å². The highest BCUT2D eigenvalue weighted by molar-refractivity contribution is 5.68. The molecule has 5 rings (SSSR count). The van der Waals surface area contributed by atoms with Crippen molar-refractivity contribution in [3.8, 4) is 17.9 Å². The predicted molar refractivity (Wildman–Crippen MR) is 132 cm³/mol. The molecule has 0 radical (unpaired) electrons. The Labute approximate surface area is 209 Å². The molecule has 1 aromatic carbocycles. The van der Waals surface area contributed by atoms with E-state index in [2.05, 4.69) is 59.5 Å². The first-order valence-corrected chi connectivity index (χ1v) is 12.2. The Bertz CT molecular complexity index is 1390. The van der Waals surface area contributed by atoms with Crippen molar-refractivity contribution >= 4 is 23.1 Å². The Kier molecular flexibility index (Phi) is 5.71. The third-order valence-electron chi connectivity index (χ3n) is 6.64. The van der Waals surface area contributed by atoms with Crippen LogP contribution in [0.5, 0.6) is 5.75 Å². The number of anilines is 3. The molecule has 2 heterocycles. The van der Waals surface area contributed by atoms with Gasteiger partial charge in [0.25, 0.3) is 0 Å². The lowest BCUT2D eigenvalue weighted by molar-refractivity contribution is 0.0131. The van der Waals surface area contributed by atoms with E-state index in [0.717, 1.165) is 32.1 Å². The number of halogens is 1. The van der Waals surface area contributed by atoms with Crippen molar-refractivity contribution in [2.24, 2.45) is 10.8 Å². The monoisotopic (exact) mass is 488 g/mol. The smallest absolute Gasteiger partial charge is 0.247 e.